The van der Waals surface area contributed by atoms with Crippen LogP contribution in [0.2, 0.25) is 0 Å². The summed E-state index contributed by atoms with van der Waals surface area (Å²) in [5.41, 5.74) is 8.42. The van der Waals surface area contributed by atoms with Gasteiger partial charge in [0.05, 0.1) is 16.6 Å². The Morgan fingerprint density at radius 1 is 0.568 bits per heavy atom. The highest BCUT2D eigenvalue weighted by Gasteiger charge is 2.15. The first-order valence-corrected chi connectivity index (χ1v) is 12.3. The van der Waals surface area contributed by atoms with E-state index in [9.17, 15) is 5.26 Å². The van der Waals surface area contributed by atoms with Gasteiger partial charge in [0.2, 0.25) is 0 Å². The van der Waals surface area contributed by atoms with Crippen molar-refractivity contribution in [3.63, 3.8) is 0 Å². The van der Waals surface area contributed by atoms with Crippen LogP contribution < -0.4 is 0 Å². The molecule has 0 N–H and O–H groups in total. The Labute approximate surface area is 214 Å². The lowest BCUT2D eigenvalue weighted by Crippen LogP contribution is -1.93. The van der Waals surface area contributed by atoms with Gasteiger partial charge < -0.3 is 4.57 Å². The van der Waals surface area contributed by atoms with Crippen molar-refractivity contribution in [2.45, 2.75) is 0 Å². The fourth-order valence-electron chi connectivity index (χ4n) is 5.34. The lowest BCUT2D eigenvalue weighted by Gasteiger charge is -2.08. The molecule has 0 saturated carbocycles. The first kappa shape index (κ1) is 21.1. The highest BCUT2D eigenvalue weighted by atomic mass is 15.0. The smallest absolute Gasteiger partial charge is 0.101 e. The van der Waals surface area contributed by atoms with E-state index in [1.54, 1.807) is 12.4 Å². The third-order valence-corrected chi connectivity index (χ3v) is 7.09. The molecular weight excluding hydrogens is 450 g/mol. The van der Waals surface area contributed by atoms with Crippen LogP contribution in [0.15, 0.2) is 128 Å². The summed E-state index contributed by atoms with van der Waals surface area (Å²) in [7, 11) is 0. The van der Waals surface area contributed by atoms with E-state index in [2.05, 4.69) is 125 Å². The maximum atomic E-state index is 9.21. The third kappa shape index (κ3) is 3.47. The van der Waals surface area contributed by atoms with Gasteiger partial charge in [-0.25, -0.2) is 0 Å². The summed E-state index contributed by atoms with van der Waals surface area (Å²) in [4.78, 5) is 4.20. The van der Waals surface area contributed by atoms with Gasteiger partial charge in [-0.15, -0.1) is 0 Å². The number of nitrogens with zero attached hydrogens (tertiary/aromatic N) is 3. The van der Waals surface area contributed by atoms with E-state index in [0.717, 1.165) is 22.4 Å². The van der Waals surface area contributed by atoms with E-state index in [1.807, 2.05) is 6.07 Å². The summed E-state index contributed by atoms with van der Waals surface area (Å²) in [6.07, 6.45) is 3.38. The first-order valence-electron chi connectivity index (χ1n) is 12.3. The number of fused-ring (bicyclic) bond motifs is 5. The van der Waals surface area contributed by atoms with Crippen molar-refractivity contribution in [2.24, 2.45) is 0 Å². The molecule has 0 aliphatic carbocycles. The summed E-state index contributed by atoms with van der Waals surface area (Å²) in [5, 5.41) is 14.2. The van der Waals surface area contributed by atoms with Gasteiger partial charge in [-0.1, -0.05) is 78.9 Å². The molecule has 0 amide bonds. The van der Waals surface area contributed by atoms with E-state index in [4.69, 9.17) is 0 Å². The minimum absolute atomic E-state index is 0.564. The average Bonchev–Trinajstić information content (AvgIpc) is 3.32. The molecule has 5 aromatic carbocycles. The molecule has 0 aliphatic rings. The van der Waals surface area contributed by atoms with Gasteiger partial charge >= 0.3 is 0 Å². The topological polar surface area (TPSA) is 41.6 Å². The van der Waals surface area contributed by atoms with Crippen molar-refractivity contribution in [3.05, 3.63) is 133 Å². The highest BCUT2D eigenvalue weighted by molar-refractivity contribution is 6.21. The minimum Gasteiger partial charge on any atom is -0.309 e. The fourth-order valence-corrected chi connectivity index (χ4v) is 5.34. The maximum Gasteiger partial charge on any atom is 0.101 e. The molecular formula is C34H21N3. The summed E-state index contributed by atoms with van der Waals surface area (Å²) in [6, 6.07) is 42.9. The molecule has 37 heavy (non-hydrogen) atoms. The zero-order valence-electron chi connectivity index (χ0n) is 20.0. The molecule has 2 heterocycles. The Morgan fingerprint density at radius 2 is 1.27 bits per heavy atom. The van der Waals surface area contributed by atoms with Crippen LogP contribution in [-0.4, -0.2) is 9.55 Å². The van der Waals surface area contributed by atoms with Crippen LogP contribution in [0.4, 0.5) is 0 Å². The van der Waals surface area contributed by atoms with Crippen molar-refractivity contribution in [1.82, 2.24) is 9.55 Å². The fraction of sp³-hybridized carbons (Fsp3) is 0. The van der Waals surface area contributed by atoms with Gasteiger partial charge in [0, 0.05) is 34.4 Å². The van der Waals surface area contributed by atoms with E-state index >= 15 is 0 Å². The van der Waals surface area contributed by atoms with Crippen LogP contribution in [0.1, 0.15) is 5.56 Å². The number of nitriles is 1. The molecule has 7 rings (SSSR count). The van der Waals surface area contributed by atoms with Crippen LogP contribution in [0.5, 0.6) is 0 Å². The standard InChI is InChI=1S/C34H21N3/c35-20-23-18-28(22-36-21-23)25-12-10-24(11-13-25)27-15-16-32-31(19-27)34-30-9-5-4-6-26(30)14-17-33(34)37(32)29-7-2-1-3-8-29/h1-19,21-22H. The summed E-state index contributed by atoms with van der Waals surface area (Å²) in [5.74, 6) is 0. The summed E-state index contributed by atoms with van der Waals surface area (Å²) >= 11 is 0. The molecule has 0 radical (unpaired) electrons. The molecule has 3 nitrogen and oxygen atoms in total. The Kier molecular flexibility index (Phi) is 4.84. The molecule has 2 aromatic heterocycles. The highest BCUT2D eigenvalue weighted by Crippen LogP contribution is 2.38. The number of rotatable bonds is 3. The normalized spacial score (nSPS) is 11.2. The number of hydrogen-bond donors (Lipinski definition) is 0. The van der Waals surface area contributed by atoms with Crippen molar-refractivity contribution in [2.75, 3.05) is 0 Å². The first-order chi connectivity index (χ1) is 18.3. The van der Waals surface area contributed by atoms with Crippen molar-refractivity contribution >= 4 is 32.6 Å². The van der Waals surface area contributed by atoms with Crippen LogP contribution >= 0.6 is 0 Å². The molecule has 0 aliphatic heterocycles. The van der Waals surface area contributed by atoms with Crippen molar-refractivity contribution in [3.8, 4) is 34.0 Å². The second kappa shape index (κ2) is 8.48. The molecule has 0 unspecified atom stereocenters. The number of para-hydroxylation sites is 1. The van der Waals surface area contributed by atoms with E-state index in [1.165, 1.54) is 38.1 Å². The van der Waals surface area contributed by atoms with Crippen LogP contribution in [0.3, 0.4) is 0 Å². The zero-order chi connectivity index (χ0) is 24.8. The molecule has 0 spiro atoms. The van der Waals surface area contributed by atoms with Gasteiger partial charge in [-0.05, 0) is 63.9 Å². The molecule has 0 fully saturated rings. The maximum absolute atomic E-state index is 9.21. The van der Waals surface area contributed by atoms with Crippen LogP contribution in [-0.2, 0) is 0 Å². The van der Waals surface area contributed by atoms with Gasteiger partial charge in [-0.2, -0.15) is 5.26 Å². The van der Waals surface area contributed by atoms with E-state index < -0.39 is 0 Å². The predicted octanol–water partition coefficient (Wildman–Crippen LogP) is 8.54. The average molecular weight is 472 g/mol. The Balaban J connectivity index is 1.43. The molecule has 0 atom stereocenters. The lowest BCUT2D eigenvalue weighted by atomic mass is 9.98. The Bertz CT molecular complexity index is 1970. The lowest BCUT2D eigenvalue weighted by molar-refractivity contribution is 1.18. The monoisotopic (exact) mass is 471 g/mol. The number of pyridine rings is 1. The van der Waals surface area contributed by atoms with Crippen LogP contribution in [0.25, 0.3) is 60.5 Å². The minimum atomic E-state index is 0.564. The van der Waals surface area contributed by atoms with E-state index in [-0.39, 0.29) is 0 Å². The van der Waals surface area contributed by atoms with Gasteiger partial charge in [0.15, 0.2) is 0 Å². The van der Waals surface area contributed by atoms with Gasteiger partial charge in [-0.3, -0.25) is 4.98 Å². The molecule has 7 aromatic rings. The predicted molar refractivity (Wildman–Crippen MR) is 152 cm³/mol. The van der Waals surface area contributed by atoms with Crippen molar-refractivity contribution < 1.29 is 0 Å². The summed E-state index contributed by atoms with van der Waals surface area (Å²) < 4.78 is 2.36. The molecule has 3 heteroatoms. The van der Waals surface area contributed by atoms with E-state index in [0.29, 0.717) is 5.56 Å². The summed E-state index contributed by atoms with van der Waals surface area (Å²) in [6.45, 7) is 0. The SMILES string of the molecule is N#Cc1cncc(-c2ccc(-c3ccc4c(c3)c3c5ccccc5ccc3n4-c3ccccc3)cc2)c1. The number of benzene rings is 5. The van der Waals surface area contributed by atoms with Crippen LogP contribution in [0, 0.1) is 11.3 Å². The Hall–Kier alpha value is -5.20. The second-order valence-corrected chi connectivity index (χ2v) is 9.24. The molecule has 0 saturated heterocycles. The largest absolute Gasteiger partial charge is 0.309 e. The quantitative estimate of drug-likeness (QED) is 0.259. The zero-order valence-corrected chi connectivity index (χ0v) is 20.0. The Morgan fingerprint density at radius 3 is 2.08 bits per heavy atom. The van der Waals surface area contributed by atoms with Crippen molar-refractivity contribution in [1.29, 1.82) is 5.26 Å². The van der Waals surface area contributed by atoms with Gasteiger partial charge in [0.25, 0.3) is 0 Å². The number of hydrogen-bond acceptors (Lipinski definition) is 2. The van der Waals surface area contributed by atoms with Gasteiger partial charge in [0.1, 0.15) is 6.07 Å². The molecule has 0 bridgehead atoms. The molecule has 172 valence electrons. The number of aromatic nitrogens is 2. The third-order valence-electron chi connectivity index (χ3n) is 7.09. The second-order valence-electron chi connectivity index (χ2n) is 9.24.